The van der Waals surface area contributed by atoms with Crippen molar-refractivity contribution in [2.75, 3.05) is 6.54 Å². The Morgan fingerprint density at radius 1 is 1.27 bits per heavy atom. The standard InChI is InChI=1S/C16H25N3O3/c1-16(2,3)22-15(21)18-12-7-6-11(9-12)14(20)19-8-4-5-13(19)10-17/h11-13H,4-9H2,1-3H3,(H,18,21)/t11?,12?,13-/m0/s1. The van der Waals surface area contributed by atoms with Gasteiger partial charge in [0.15, 0.2) is 0 Å². The molecule has 0 aromatic heterocycles. The van der Waals surface area contributed by atoms with E-state index in [1.807, 2.05) is 20.8 Å². The Morgan fingerprint density at radius 3 is 2.64 bits per heavy atom. The zero-order valence-corrected chi connectivity index (χ0v) is 13.6. The Balaban J connectivity index is 1.84. The topological polar surface area (TPSA) is 82.4 Å². The predicted molar refractivity (Wildman–Crippen MR) is 80.8 cm³/mol. The molecule has 0 bridgehead atoms. The van der Waals surface area contributed by atoms with Gasteiger partial charge in [-0.2, -0.15) is 5.26 Å². The number of hydrogen-bond acceptors (Lipinski definition) is 4. The Bertz CT molecular complexity index is 478. The molecule has 0 aromatic rings. The molecule has 2 amide bonds. The quantitative estimate of drug-likeness (QED) is 0.847. The van der Waals surface area contributed by atoms with Crippen LogP contribution in [0.25, 0.3) is 0 Å². The van der Waals surface area contributed by atoms with Gasteiger partial charge in [-0.15, -0.1) is 0 Å². The first kappa shape index (κ1) is 16.6. The minimum absolute atomic E-state index is 0.0214. The summed E-state index contributed by atoms with van der Waals surface area (Å²) in [5, 5.41) is 11.9. The molecule has 2 aliphatic rings. The molecule has 1 saturated carbocycles. The highest BCUT2D eigenvalue weighted by Gasteiger charge is 2.37. The molecule has 2 fully saturated rings. The van der Waals surface area contributed by atoms with Crippen LogP contribution in [0.4, 0.5) is 4.79 Å². The first-order valence-corrected chi connectivity index (χ1v) is 8.00. The molecule has 3 atom stereocenters. The van der Waals surface area contributed by atoms with Crippen molar-refractivity contribution in [3.8, 4) is 6.07 Å². The molecule has 1 N–H and O–H groups in total. The normalized spacial score (nSPS) is 28.3. The van der Waals surface area contributed by atoms with Gasteiger partial charge >= 0.3 is 6.09 Å². The van der Waals surface area contributed by atoms with Crippen LogP contribution in [0.2, 0.25) is 0 Å². The van der Waals surface area contributed by atoms with Gasteiger partial charge in [0.25, 0.3) is 0 Å². The van der Waals surface area contributed by atoms with Crippen molar-refractivity contribution < 1.29 is 14.3 Å². The summed E-state index contributed by atoms with van der Waals surface area (Å²) in [7, 11) is 0. The van der Waals surface area contributed by atoms with Gasteiger partial charge < -0.3 is 15.0 Å². The fourth-order valence-corrected chi connectivity index (χ4v) is 3.21. The van der Waals surface area contributed by atoms with E-state index >= 15 is 0 Å². The van der Waals surface area contributed by atoms with Crippen molar-refractivity contribution in [3.05, 3.63) is 0 Å². The summed E-state index contributed by atoms with van der Waals surface area (Å²) >= 11 is 0. The highest BCUT2D eigenvalue weighted by atomic mass is 16.6. The van der Waals surface area contributed by atoms with Gasteiger partial charge in [-0.1, -0.05) is 0 Å². The molecule has 0 spiro atoms. The average Bonchev–Trinajstić information content (AvgIpc) is 3.03. The van der Waals surface area contributed by atoms with Gasteiger partial charge in [0.05, 0.1) is 6.07 Å². The van der Waals surface area contributed by atoms with Crippen molar-refractivity contribution in [3.63, 3.8) is 0 Å². The van der Waals surface area contributed by atoms with Crippen LogP contribution in [0.15, 0.2) is 0 Å². The van der Waals surface area contributed by atoms with E-state index in [9.17, 15) is 9.59 Å². The molecule has 1 aliphatic heterocycles. The Kier molecular flexibility index (Phi) is 4.94. The molecule has 1 saturated heterocycles. The van der Waals surface area contributed by atoms with E-state index in [0.717, 1.165) is 25.7 Å². The summed E-state index contributed by atoms with van der Waals surface area (Å²) in [5.74, 6) is -0.0218. The zero-order chi connectivity index (χ0) is 16.3. The molecule has 1 heterocycles. The van der Waals surface area contributed by atoms with Crippen LogP contribution in [-0.4, -0.2) is 41.1 Å². The fraction of sp³-hybridized carbons (Fsp3) is 0.812. The maximum atomic E-state index is 12.5. The van der Waals surface area contributed by atoms with Crippen LogP contribution in [0.1, 0.15) is 52.9 Å². The van der Waals surface area contributed by atoms with Gasteiger partial charge in [-0.05, 0) is 52.9 Å². The summed E-state index contributed by atoms with van der Waals surface area (Å²) in [6.45, 7) is 6.15. The lowest BCUT2D eigenvalue weighted by Crippen LogP contribution is -2.40. The molecule has 6 heteroatoms. The average molecular weight is 307 g/mol. The first-order valence-electron chi connectivity index (χ1n) is 8.00. The van der Waals surface area contributed by atoms with Crippen molar-refractivity contribution in [2.24, 2.45) is 5.92 Å². The van der Waals surface area contributed by atoms with Crippen molar-refractivity contribution >= 4 is 12.0 Å². The number of hydrogen-bond donors (Lipinski definition) is 1. The summed E-state index contributed by atoms with van der Waals surface area (Å²) in [4.78, 5) is 26.0. The SMILES string of the molecule is CC(C)(C)OC(=O)NC1CCC(C(=O)N2CCC[C@H]2C#N)C1. The second-order valence-corrected chi connectivity index (χ2v) is 7.17. The summed E-state index contributed by atoms with van der Waals surface area (Å²) < 4.78 is 5.24. The zero-order valence-electron chi connectivity index (χ0n) is 13.6. The Morgan fingerprint density at radius 2 is 2.00 bits per heavy atom. The fourth-order valence-electron chi connectivity index (χ4n) is 3.21. The van der Waals surface area contributed by atoms with E-state index < -0.39 is 11.7 Å². The number of nitrogens with zero attached hydrogens (tertiary/aromatic N) is 2. The lowest BCUT2D eigenvalue weighted by molar-refractivity contribution is -0.135. The number of rotatable bonds is 2. The molecule has 0 radical (unpaired) electrons. The van der Waals surface area contributed by atoms with E-state index in [-0.39, 0.29) is 23.9 Å². The van der Waals surface area contributed by atoms with E-state index in [2.05, 4.69) is 11.4 Å². The number of likely N-dealkylation sites (tertiary alicyclic amines) is 1. The van der Waals surface area contributed by atoms with Gasteiger partial charge in [0.2, 0.25) is 5.91 Å². The third kappa shape index (κ3) is 4.12. The Labute approximate surface area is 131 Å². The largest absolute Gasteiger partial charge is 0.444 e. The van der Waals surface area contributed by atoms with Crippen LogP contribution in [-0.2, 0) is 9.53 Å². The maximum Gasteiger partial charge on any atom is 0.407 e. The lowest BCUT2D eigenvalue weighted by atomic mass is 10.1. The summed E-state index contributed by atoms with van der Waals surface area (Å²) in [6, 6.07) is 1.91. The van der Waals surface area contributed by atoms with Gasteiger partial charge in [0, 0.05) is 18.5 Å². The number of alkyl carbamates (subject to hydrolysis) is 1. The smallest absolute Gasteiger partial charge is 0.407 e. The third-order valence-corrected chi connectivity index (χ3v) is 4.19. The molecule has 22 heavy (non-hydrogen) atoms. The van der Waals surface area contributed by atoms with Crippen molar-refractivity contribution in [1.82, 2.24) is 10.2 Å². The number of carbonyl (C=O) groups is 2. The summed E-state index contributed by atoms with van der Waals surface area (Å²) in [5.41, 5.74) is -0.520. The van der Waals surface area contributed by atoms with Crippen molar-refractivity contribution in [1.29, 1.82) is 5.26 Å². The van der Waals surface area contributed by atoms with Crippen LogP contribution in [0, 0.1) is 17.2 Å². The van der Waals surface area contributed by atoms with Crippen LogP contribution in [0.3, 0.4) is 0 Å². The number of amides is 2. The third-order valence-electron chi connectivity index (χ3n) is 4.19. The maximum absolute atomic E-state index is 12.5. The predicted octanol–water partition coefficient (Wildman–Crippen LogP) is 2.19. The van der Waals surface area contributed by atoms with E-state index in [0.29, 0.717) is 13.0 Å². The molecular weight excluding hydrogens is 282 g/mol. The van der Waals surface area contributed by atoms with E-state index in [1.165, 1.54) is 0 Å². The first-order chi connectivity index (χ1) is 10.3. The Hall–Kier alpha value is -1.77. The van der Waals surface area contributed by atoms with Crippen LogP contribution < -0.4 is 5.32 Å². The van der Waals surface area contributed by atoms with Crippen LogP contribution in [0.5, 0.6) is 0 Å². The molecule has 2 unspecified atom stereocenters. The second kappa shape index (κ2) is 6.55. The number of nitrogens with one attached hydrogen (secondary N) is 1. The van der Waals surface area contributed by atoms with Crippen LogP contribution >= 0.6 is 0 Å². The van der Waals surface area contributed by atoms with E-state index in [1.54, 1.807) is 4.90 Å². The van der Waals surface area contributed by atoms with E-state index in [4.69, 9.17) is 10.00 Å². The summed E-state index contributed by atoms with van der Waals surface area (Å²) in [6.07, 6.45) is 3.41. The number of ether oxygens (including phenoxy) is 1. The highest BCUT2D eigenvalue weighted by Crippen LogP contribution is 2.30. The molecule has 122 valence electrons. The number of nitriles is 1. The van der Waals surface area contributed by atoms with Gasteiger partial charge in [0.1, 0.15) is 11.6 Å². The molecule has 6 nitrogen and oxygen atoms in total. The monoisotopic (exact) mass is 307 g/mol. The molecule has 0 aromatic carbocycles. The minimum atomic E-state index is -0.520. The highest BCUT2D eigenvalue weighted by molar-refractivity contribution is 5.80. The number of carbonyl (C=O) groups excluding carboxylic acids is 2. The second-order valence-electron chi connectivity index (χ2n) is 7.17. The van der Waals surface area contributed by atoms with Crippen molar-refractivity contribution in [2.45, 2.75) is 70.6 Å². The van der Waals surface area contributed by atoms with Gasteiger partial charge in [-0.3, -0.25) is 4.79 Å². The van der Waals surface area contributed by atoms with Gasteiger partial charge in [-0.25, -0.2) is 4.79 Å². The lowest BCUT2D eigenvalue weighted by Gasteiger charge is -2.24. The molecule has 2 rings (SSSR count). The molecule has 1 aliphatic carbocycles. The minimum Gasteiger partial charge on any atom is -0.444 e. The molecular formula is C16H25N3O3.